The van der Waals surface area contributed by atoms with E-state index in [1.165, 1.54) is 23.5 Å². The van der Waals surface area contributed by atoms with Gasteiger partial charge in [-0.15, -0.1) is 0 Å². The van der Waals surface area contributed by atoms with Gasteiger partial charge in [0.1, 0.15) is 12.4 Å². The predicted molar refractivity (Wildman–Crippen MR) is 105 cm³/mol. The fourth-order valence-corrected chi connectivity index (χ4v) is 4.74. The van der Waals surface area contributed by atoms with Gasteiger partial charge < -0.3 is 9.47 Å². The van der Waals surface area contributed by atoms with E-state index in [4.69, 9.17) is 4.74 Å². The molecule has 0 saturated carbocycles. The molecule has 0 aromatic heterocycles. The quantitative estimate of drug-likeness (QED) is 0.648. The SMILES string of the molecule is COC(=O)c1cccc(COC(=O)C2CCN(S(=O)(=O)c3ccc(F)cc3)CC2)c1. The summed E-state index contributed by atoms with van der Waals surface area (Å²) < 4.78 is 49.7. The number of nitrogens with zero attached hydrogens (tertiary/aromatic N) is 1. The predicted octanol–water partition coefficient (Wildman–Crippen LogP) is 2.76. The van der Waals surface area contributed by atoms with Gasteiger partial charge in [-0.05, 0) is 54.8 Å². The molecule has 0 bridgehead atoms. The maximum atomic E-state index is 13.0. The molecule has 0 radical (unpaired) electrons. The van der Waals surface area contributed by atoms with Crippen molar-refractivity contribution < 1.29 is 31.9 Å². The van der Waals surface area contributed by atoms with Gasteiger partial charge in [0.25, 0.3) is 0 Å². The molecule has 160 valence electrons. The van der Waals surface area contributed by atoms with Crippen LogP contribution in [0.2, 0.25) is 0 Å². The fourth-order valence-electron chi connectivity index (χ4n) is 3.27. The molecule has 0 spiro atoms. The number of carbonyl (C=O) groups is 2. The van der Waals surface area contributed by atoms with Crippen molar-refractivity contribution >= 4 is 22.0 Å². The zero-order valence-electron chi connectivity index (χ0n) is 16.4. The molecule has 0 atom stereocenters. The Balaban J connectivity index is 1.54. The summed E-state index contributed by atoms with van der Waals surface area (Å²) in [7, 11) is -2.44. The van der Waals surface area contributed by atoms with Gasteiger partial charge in [-0.3, -0.25) is 4.79 Å². The highest BCUT2D eigenvalue weighted by atomic mass is 32.2. The molecule has 1 fully saturated rings. The van der Waals surface area contributed by atoms with Crippen LogP contribution in [0.3, 0.4) is 0 Å². The molecule has 7 nitrogen and oxygen atoms in total. The lowest BCUT2D eigenvalue weighted by atomic mass is 9.98. The average molecular weight is 435 g/mol. The summed E-state index contributed by atoms with van der Waals surface area (Å²) in [5, 5.41) is 0. The monoisotopic (exact) mass is 435 g/mol. The van der Waals surface area contributed by atoms with Crippen molar-refractivity contribution in [2.24, 2.45) is 5.92 Å². The number of carbonyl (C=O) groups excluding carboxylic acids is 2. The van der Waals surface area contributed by atoms with Crippen LogP contribution in [0.15, 0.2) is 53.4 Å². The van der Waals surface area contributed by atoms with E-state index in [1.807, 2.05) is 0 Å². The van der Waals surface area contributed by atoms with E-state index in [0.717, 1.165) is 12.1 Å². The smallest absolute Gasteiger partial charge is 0.337 e. The highest BCUT2D eigenvalue weighted by molar-refractivity contribution is 7.89. The first-order valence-corrected chi connectivity index (χ1v) is 10.8. The van der Waals surface area contributed by atoms with Crippen molar-refractivity contribution in [2.75, 3.05) is 20.2 Å². The van der Waals surface area contributed by atoms with E-state index in [0.29, 0.717) is 24.0 Å². The molecule has 0 amide bonds. The number of benzene rings is 2. The van der Waals surface area contributed by atoms with Crippen LogP contribution < -0.4 is 0 Å². The first-order valence-electron chi connectivity index (χ1n) is 9.41. The third kappa shape index (κ3) is 5.03. The van der Waals surface area contributed by atoms with E-state index in [-0.39, 0.29) is 24.6 Å². The number of esters is 2. The van der Waals surface area contributed by atoms with Crippen molar-refractivity contribution in [1.29, 1.82) is 0 Å². The molecule has 1 aliphatic heterocycles. The van der Waals surface area contributed by atoms with Crippen molar-refractivity contribution in [2.45, 2.75) is 24.3 Å². The first kappa shape index (κ1) is 21.9. The van der Waals surface area contributed by atoms with Crippen molar-refractivity contribution in [1.82, 2.24) is 4.31 Å². The lowest BCUT2D eigenvalue weighted by Crippen LogP contribution is -2.40. The van der Waals surface area contributed by atoms with E-state index >= 15 is 0 Å². The third-order valence-electron chi connectivity index (χ3n) is 4.97. The molecule has 9 heteroatoms. The summed E-state index contributed by atoms with van der Waals surface area (Å²) in [6, 6.07) is 11.3. The normalized spacial score (nSPS) is 15.5. The molecule has 30 heavy (non-hydrogen) atoms. The van der Waals surface area contributed by atoms with Gasteiger partial charge >= 0.3 is 11.9 Å². The van der Waals surface area contributed by atoms with Crippen LogP contribution in [0.4, 0.5) is 4.39 Å². The Morgan fingerprint density at radius 3 is 2.40 bits per heavy atom. The topological polar surface area (TPSA) is 90.0 Å². The molecule has 3 rings (SSSR count). The standard InChI is InChI=1S/C21H22FNO6S/c1-28-20(24)17-4-2-3-15(13-17)14-29-21(25)16-9-11-23(12-10-16)30(26,27)19-7-5-18(22)6-8-19/h2-8,13,16H,9-12,14H2,1H3. The molecule has 0 aliphatic carbocycles. The number of methoxy groups -OCH3 is 1. The number of halogens is 1. The molecule has 2 aromatic carbocycles. The second kappa shape index (κ2) is 9.36. The molecule has 1 heterocycles. The Morgan fingerprint density at radius 1 is 1.10 bits per heavy atom. The minimum atomic E-state index is -3.73. The summed E-state index contributed by atoms with van der Waals surface area (Å²) in [6.07, 6.45) is 0.670. The molecule has 0 unspecified atom stereocenters. The summed E-state index contributed by atoms with van der Waals surface area (Å²) in [5.74, 6) is -1.80. The lowest BCUT2D eigenvalue weighted by molar-refractivity contribution is -0.151. The van der Waals surface area contributed by atoms with Gasteiger partial charge in [-0.25, -0.2) is 17.6 Å². The van der Waals surface area contributed by atoms with Crippen LogP contribution in [-0.4, -0.2) is 44.9 Å². The van der Waals surface area contributed by atoms with E-state index in [2.05, 4.69) is 4.74 Å². The Kier molecular flexibility index (Phi) is 6.84. The number of ether oxygens (including phenoxy) is 2. The summed E-state index contributed by atoms with van der Waals surface area (Å²) in [6.45, 7) is 0.367. The largest absolute Gasteiger partial charge is 0.465 e. The third-order valence-corrected chi connectivity index (χ3v) is 6.88. The van der Waals surface area contributed by atoms with E-state index in [1.54, 1.807) is 24.3 Å². The minimum absolute atomic E-state index is 0.0117. The van der Waals surface area contributed by atoms with Crippen LogP contribution in [-0.2, 0) is 30.9 Å². The Hall–Kier alpha value is -2.78. The fraction of sp³-hybridized carbons (Fsp3) is 0.333. The Morgan fingerprint density at radius 2 is 1.77 bits per heavy atom. The van der Waals surface area contributed by atoms with Gasteiger partial charge in [0.05, 0.1) is 23.5 Å². The van der Waals surface area contributed by atoms with Crippen molar-refractivity contribution in [3.63, 3.8) is 0 Å². The van der Waals surface area contributed by atoms with Crippen LogP contribution in [0.1, 0.15) is 28.8 Å². The Labute approximate surface area is 174 Å². The highest BCUT2D eigenvalue weighted by Gasteiger charge is 2.32. The van der Waals surface area contributed by atoms with Crippen LogP contribution in [0.25, 0.3) is 0 Å². The van der Waals surface area contributed by atoms with Crippen molar-refractivity contribution in [3.05, 3.63) is 65.5 Å². The van der Waals surface area contributed by atoms with E-state index in [9.17, 15) is 22.4 Å². The number of rotatable bonds is 6. The average Bonchev–Trinajstić information content (AvgIpc) is 2.77. The lowest BCUT2D eigenvalue weighted by Gasteiger charge is -2.30. The second-order valence-electron chi connectivity index (χ2n) is 6.93. The summed E-state index contributed by atoms with van der Waals surface area (Å²) in [5.41, 5.74) is 1.02. The second-order valence-corrected chi connectivity index (χ2v) is 8.87. The van der Waals surface area contributed by atoms with E-state index < -0.39 is 33.7 Å². The Bertz CT molecular complexity index is 1010. The van der Waals surface area contributed by atoms with Gasteiger partial charge in [0.2, 0.25) is 10.0 Å². The maximum Gasteiger partial charge on any atom is 0.337 e. The zero-order valence-corrected chi connectivity index (χ0v) is 17.2. The van der Waals surface area contributed by atoms with Gasteiger partial charge in [-0.2, -0.15) is 4.31 Å². The number of piperidine rings is 1. The van der Waals surface area contributed by atoms with Crippen LogP contribution >= 0.6 is 0 Å². The first-order chi connectivity index (χ1) is 14.3. The summed E-state index contributed by atoms with van der Waals surface area (Å²) in [4.78, 5) is 24.0. The number of hydrogen-bond acceptors (Lipinski definition) is 6. The molecule has 2 aromatic rings. The molecular formula is C21H22FNO6S. The zero-order chi connectivity index (χ0) is 21.7. The van der Waals surface area contributed by atoms with Gasteiger partial charge in [-0.1, -0.05) is 12.1 Å². The van der Waals surface area contributed by atoms with Gasteiger partial charge in [0, 0.05) is 13.1 Å². The maximum absolute atomic E-state index is 13.0. The van der Waals surface area contributed by atoms with Crippen LogP contribution in [0.5, 0.6) is 0 Å². The molecule has 1 aliphatic rings. The van der Waals surface area contributed by atoms with Crippen molar-refractivity contribution in [3.8, 4) is 0 Å². The number of hydrogen-bond donors (Lipinski definition) is 0. The van der Waals surface area contributed by atoms with Crippen LogP contribution in [0, 0.1) is 11.7 Å². The molecular weight excluding hydrogens is 413 g/mol. The number of sulfonamides is 1. The molecule has 0 N–H and O–H groups in total. The summed E-state index contributed by atoms with van der Waals surface area (Å²) >= 11 is 0. The van der Waals surface area contributed by atoms with Gasteiger partial charge in [0.15, 0.2) is 0 Å². The highest BCUT2D eigenvalue weighted by Crippen LogP contribution is 2.25. The minimum Gasteiger partial charge on any atom is -0.465 e. The molecule has 1 saturated heterocycles.